The third kappa shape index (κ3) is 3.87. The zero-order valence-corrected chi connectivity index (χ0v) is 15.2. The SMILES string of the molecule is Cc1ccc2nc(C)c(C(=O)NC[C@@H](C)Cn3ccnc3C)cc2c1. The molecule has 3 aromatic rings. The number of rotatable bonds is 5. The maximum Gasteiger partial charge on any atom is 0.253 e. The minimum Gasteiger partial charge on any atom is -0.352 e. The van der Waals surface area contributed by atoms with Gasteiger partial charge in [0.15, 0.2) is 0 Å². The molecule has 0 aliphatic carbocycles. The fourth-order valence-electron chi connectivity index (χ4n) is 2.98. The van der Waals surface area contributed by atoms with Gasteiger partial charge in [0.2, 0.25) is 0 Å². The van der Waals surface area contributed by atoms with E-state index in [9.17, 15) is 4.79 Å². The number of carbonyl (C=O) groups is 1. The van der Waals surface area contributed by atoms with Crippen LogP contribution in [0.5, 0.6) is 0 Å². The number of hydrogen-bond acceptors (Lipinski definition) is 3. The monoisotopic (exact) mass is 336 g/mol. The number of aryl methyl sites for hydroxylation is 3. The third-order valence-electron chi connectivity index (χ3n) is 4.45. The first-order valence-electron chi connectivity index (χ1n) is 8.58. The molecule has 130 valence electrons. The quantitative estimate of drug-likeness (QED) is 0.776. The molecule has 0 saturated heterocycles. The van der Waals surface area contributed by atoms with E-state index in [0.29, 0.717) is 18.0 Å². The molecule has 5 heteroatoms. The minimum absolute atomic E-state index is 0.0670. The largest absolute Gasteiger partial charge is 0.352 e. The molecule has 0 aliphatic heterocycles. The van der Waals surface area contributed by atoms with Crippen LogP contribution in [0.4, 0.5) is 0 Å². The van der Waals surface area contributed by atoms with Gasteiger partial charge in [0, 0.05) is 30.9 Å². The molecule has 0 fully saturated rings. The molecule has 3 rings (SSSR count). The van der Waals surface area contributed by atoms with Crippen molar-refractivity contribution in [3.8, 4) is 0 Å². The maximum absolute atomic E-state index is 12.6. The Balaban J connectivity index is 1.69. The van der Waals surface area contributed by atoms with Gasteiger partial charge in [-0.25, -0.2) is 4.98 Å². The van der Waals surface area contributed by atoms with Gasteiger partial charge in [-0.15, -0.1) is 0 Å². The molecular weight excluding hydrogens is 312 g/mol. The molecule has 0 bridgehead atoms. The summed E-state index contributed by atoms with van der Waals surface area (Å²) in [6.07, 6.45) is 3.76. The summed E-state index contributed by atoms with van der Waals surface area (Å²) in [5.74, 6) is 1.23. The highest BCUT2D eigenvalue weighted by molar-refractivity contribution is 5.98. The number of aromatic nitrogens is 3. The average Bonchev–Trinajstić information content (AvgIpc) is 2.97. The Morgan fingerprint density at radius 3 is 2.76 bits per heavy atom. The Hall–Kier alpha value is -2.69. The third-order valence-corrected chi connectivity index (χ3v) is 4.45. The molecule has 1 amide bonds. The van der Waals surface area contributed by atoms with Gasteiger partial charge < -0.3 is 9.88 Å². The molecule has 0 unspecified atom stereocenters. The van der Waals surface area contributed by atoms with E-state index in [-0.39, 0.29) is 5.91 Å². The van der Waals surface area contributed by atoms with E-state index in [1.54, 1.807) is 6.20 Å². The first kappa shape index (κ1) is 17.1. The maximum atomic E-state index is 12.6. The van der Waals surface area contributed by atoms with Gasteiger partial charge in [0.1, 0.15) is 5.82 Å². The van der Waals surface area contributed by atoms with Crippen LogP contribution in [0.2, 0.25) is 0 Å². The topological polar surface area (TPSA) is 59.8 Å². The zero-order chi connectivity index (χ0) is 18.0. The number of amides is 1. The van der Waals surface area contributed by atoms with Crippen LogP contribution in [0, 0.1) is 26.7 Å². The number of benzene rings is 1. The standard InChI is InChI=1S/C20H24N4O/c1-13-5-6-19-17(9-13)10-18(15(3)23-19)20(25)22-11-14(2)12-24-8-7-21-16(24)4/h5-10,14H,11-12H2,1-4H3,(H,22,25)/t14-/m1/s1. The Labute approximate surface area is 148 Å². The van der Waals surface area contributed by atoms with Crippen molar-refractivity contribution in [2.45, 2.75) is 34.2 Å². The lowest BCUT2D eigenvalue weighted by Gasteiger charge is -2.15. The summed E-state index contributed by atoms with van der Waals surface area (Å²) in [4.78, 5) is 21.4. The summed E-state index contributed by atoms with van der Waals surface area (Å²) in [5, 5.41) is 4.04. The van der Waals surface area contributed by atoms with Gasteiger partial charge in [-0.2, -0.15) is 0 Å². The van der Waals surface area contributed by atoms with E-state index in [0.717, 1.165) is 34.5 Å². The molecule has 1 atom stereocenters. The number of nitrogens with zero attached hydrogens (tertiary/aromatic N) is 3. The van der Waals surface area contributed by atoms with Crippen LogP contribution >= 0.6 is 0 Å². The highest BCUT2D eigenvalue weighted by atomic mass is 16.1. The van der Waals surface area contributed by atoms with E-state index in [1.165, 1.54) is 0 Å². The van der Waals surface area contributed by atoms with Gasteiger partial charge in [-0.05, 0) is 44.9 Å². The minimum atomic E-state index is -0.0670. The van der Waals surface area contributed by atoms with E-state index in [2.05, 4.69) is 32.8 Å². The fraction of sp³-hybridized carbons (Fsp3) is 0.350. The van der Waals surface area contributed by atoms with Crippen molar-refractivity contribution in [2.75, 3.05) is 6.54 Å². The molecule has 2 aromatic heterocycles. The molecule has 1 aromatic carbocycles. The van der Waals surface area contributed by atoms with Gasteiger partial charge in [-0.3, -0.25) is 9.78 Å². The van der Waals surface area contributed by atoms with Crippen LogP contribution in [0.1, 0.15) is 34.4 Å². The lowest BCUT2D eigenvalue weighted by Crippen LogP contribution is -2.30. The van der Waals surface area contributed by atoms with Crippen LogP contribution in [-0.2, 0) is 6.54 Å². The second kappa shape index (κ2) is 7.05. The van der Waals surface area contributed by atoms with E-state index < -0.39 is 0 Å². The summed E-state index contributed by atoms with van der Waals surface area (Å²) in [6.45, 7) is 9.47. The molecular formula is C20H24N4O. The van der Waals surface area contributed by atoms with Crippen LogP contribution < -0.4 is 5.32 Å². The first-order chi connectivity index (χ1) is 11.9. The molecule has 1 N–H and O–H groups in total. The Bertz CT molecular complexity index is 913. The number of imidazole rings is 1. The molecule has 0 aliphatic rings. The predicted molar refractivity (Wildman–Crippen MR) is 99.7 cm³/mol. The van der Waals surface area contributed by atoms with E-state index in [4.69, 9.17) is 0 Å². The highest BCUT2D eigenvalue weighted by Gasteiger charge is 2.13. The Morgan fingerprint density at radius 2 is 2.04 bits per heavy atom. The fourth-order valence-corrected chi connectivity index (χ4v) is 2.98. The second-order valence-electron chi connectivity index (χ2n) is 6.76. The lowest BCUT2D eigenvalue weighted by atomic mass is 10.1. The highest BCUT2D eigenvalue weighted by Crippen LogP contribution is 2.18. The predicted octanol–water partition coefficient (Wildman–Crippen LogP) is 3.42. The Morgan fingerprint density at radius 1 is 1.24 bits per heavy atom. The van der Waals surface area contributed by atoms with Crippen molar-refractivity contribution >= 4 is 16.8 Å². The average molecular weight is 336 g/mol. The van der Waals surface area contributed by atoms with Crippen LogP contribution in [0.25, 0.3) is 10.9 Å². The van der Waals surface area contributed by atoms with Crippen molar-refractivity contribution in [3.63, 3.8) is 0 Å². The number of pyridine rings is 1. The summed E-state index contributed by atoms with van der Waals surface area (Å²) in [6, 6.07) is 8.02. The van der Waals surface area contributed by atoms with E-state index in [1.807, 2.05) is 45.2 Å². The number of nitrogens with one attached hydrogen (secondary N) is 1. The van der Waals surface area contributed by atoms with Crippen molar-refractivity contribution in [1.29, 1.82) is 0 Å². The molecule has 5 nitrogen and oxygen atoms in total. The molecule has 2 heterocycles. The molecule has 25 heavy (non-hydrogen) atoms. The lowest BCUT2D eigenvalue weighted by molar-refractivity contribution is 0.0946. The second-order valence-corrected chi connectivity index (χ2v) is 6.76. The summed E-state index contributed by atoms with van der Waals surface area (Å²) in [7, 11) is 0. The van der Waals surface area contributed by atoms with Crippen LogP contribution in [-0.4, -0.2) is 27.0 Å². The normalized spacial score (nSPS) is 12.3. The van der Waals surface area contributed by atoms with Crippen molar-refractivity contribution in [2.24, 2.45) is 5.92 Å². The van der Waals surface area contributed by atoms with E-state index >= 15 is 0 Å². The van der Waals surface area contributed by atoms with Crippen molar-refractivity contribution < 1.29 is 4.79 Å². The van der Waals surface area contributed by atoms with Gasteiger partial charge in [0.05, 0.1) is 16.8 Å². The van der Waals surface area contributed by atoms with Gasteiger partial charge >= 0.3 is 0 Å². The summed E-state index contributed by atoms with van der Waals surface area (Å²) in [5.41, 5.74) is 3.48. The number of hydrogen-bond donors (Lipinski definition) is 1. The number of fused-ring (bicyclic) bond motifs is 1. The van der Waals surface area contributed by atoms with Gasteiger partial charge in [0.25, 0.3) is 5.91 Å². The smallest absolute Gasteiger partial charge is 0.253 e. The first-order valence-corrected chi connectivity index (χ1v) is 8.58. The zero-order valence-electron chi connectivity index (χ0n) is 15.2. The molecule has 0 radical (unpaired) electrons. The van der Waals surface area contributed by atoms with Crippen molar-refractivity contribution in [3.05, 3.63) is 59.3 Å². The van der Waals surface area contributed by atoms with Crippen LogP contribution in [0.3, 0.4) is 0 Å². The summed E-state index contributed by atoms with van der Waals surface area (Å²) < 4.78 is 2.10. The van der Waals surface area contributed by atoms with Gasteiger partial charge in [-0.1, -0.05) is 18.6 Å². The van der Waals surface area contributed by atoms with Crippen LogP contribution in [0.15, 0.2) is 36.7 Å². The van der Waals surface area contributed by atoms with Crippen molar-refractivity contribution in [1.82, 2.24) is 19.9 Å². The molecule has 0 saturated carbocycles. The summed E-state index contributed by atoms with van der Waals surface area (Å²) >= 11 is 0. The number of carbonyl (C=O) groups excluding carboxylic acids is 1. The molecule has 0 spiro atoms. The Kier molecular flexibility index (Phi) is 4.83.